The van der Waals surface area contributed by atoms with Gasteiger partial charge >= 0.3 is 5.97 Å². The number of hydrogen-bond acceptors (Lipinski definition) is 4. The van der Waals surface area contributed by atoms with Gasteiger partial charge in [-0.2, -0.15) is 0 Å². The van der Waals surface area contributed by atoms with Gasteiger partial charge in [0.15, 0.2) is 6.10 Å². The van der Waals surface area contributed by atoms with Crippen molar-refractivity contribution in [2.75, 3.05) is 6.54 Å². The average Bonchev–Trinajstić information content (AvgIpc) is 1.98. The number of carboxylic acids is 1. The molecular weight excluding hydrogens is 164 g/mol. The molecule has 12 heavy (non-hydrogen) atoms. The summed E-state index contributed by atoms with van der Waals surface area (Å²) >= 11 is 0. The Labute approximate surface area is 69.4 Å². The zero-order valence-corrected chi connectivity index (χ0v) is 6.65. The van der Waals surface area contributed by atoms with Gasteiger partial charge in [-0.05, 0) is 6.92 Å². The lowest BCUT2D eigenvalue weighted by Crippen LogP contribution is -2.43. The Morgan fingerprint density at radius 1 is 1.58 bits per heavy atom. The van der Waals surface area contributed by atoms with Gasteiger partial charge in [-0.3, -0.25) is 4.79 Å². The first kappa shape index (κ1) is 10.9. The molecule has 0 aromatic heterocycles. The fraction of sp³-hybridized carbons (Fsp3) is 0.667. The molecule has 0 saturated heterocycles. The summed E-state index contributed by atoms with van der Waals surface area (Å²) in [6.45, 7) is 1.14. The van der Waals surface area contributed by atoms with Gasteiger partial charge < -0.3 is 21.3 Å². The van der Waals surface area contributed by atoms with Gasteiger partial charge in [0.2, 0.25) is 5.91 Å². The van der Waals surface area contributed by atoms with Crippen LogP contribution >= 0.6 is 0 Å². The second-order valence-electron chi connectivity index (χ2n) is 2.39. The maximum absolute atomic E-state index is 10.7. The molecule has 0 aromatic rings. The molecule has 0 rings (SSSR count). The lowest BCUT2D eigenvalue weighted by atomic mass is 10.3. The standard InChI is InChI=1S/C6H12N2O4/c1-3(7)5(10)8-2-4(9)6(11)12/h3-4,9H,2,7H2,1H3,(H,8,10)(H,11,12)/t3-,4+/m1/s1. The third-order valence-electron chi connectivity index (χ3n) is 1.17. The number of amides is 1. The van der Waals surface area contributed by atoms with Crippen LogP contribution in [0, 0.1) is 0 Å². The van der Waals surface area contributed by atoms with Crippen molar-refractivity contribution in [3.63, 3.8) is 0 Å². The smallest absolute Gasteiger partial charge is 0.334 e. The van der Waals surface area contributed by atoms with Crippen molar-refractivity contribution in [2.24, 2.45) is 5.73 Å². The van der Waals surface area contributed by atoms with E-state index in [1.807, 2.05) is 0 Å². The molecule has 2 atom stereocenters. The monoisotopic (exact) mass is 176 g/mol. The first-order valence-corrected chi connectivity index (χ1v) is 3.39. The number of carbonyl (C=O) groups is 2. The van der Waals surface area contributed by atoms with E-state index in [1.54, 1.807) is 0 Å². The highest BCUT2D eigenvalue weighted by Crippen LogP contribution is 1.81. The zero-order valence-electron chi connectivity index (χ0n) is 6.65. The molecule has 0 spiro atoms. The first-order valence-electron chi connectivity index (χ1n) is 3.39. The van der Waals surface area contributed by atoms with Crippen LogP contribution in [0.25, 0.3) is 0 Å². The van der Waals surface area contributed by atoms with Crippen molar-refractivity contribution in [1.29, 1.82) is 0 Å². The number of nitrogens with two attached hydrogens (primary N) is 1. The molecule has 0 fully saturated rings. The van der Waals surface area contributed by atoms with E-state index in [0.717, 1.165) is 0 Å². The van der Waals surface area contributed by atoms with Crippen molar-refractivity contribution in [2.45, 2.75) is 19.1 Å². The first-order chi connectivity index (χ1) is 5.45. The van der Waals surface area contributed by atoms with Gasteiger partial charge in [0.1, 0.15) is 0 Å². The number of rotatable bonds is 4. The Balaban J connectivity index is 3.69. The van der Waals surface area contributed by atoms with Gasteiger partial charge in [-0.1, -0.05) is 0 Å². The molecule has 6 heteroatoms. The Bertz CT molecular complexity index is 180. The fourth-order valence-corrected chi connectivity index (χ4v) is 0.446. The molecule has 0 bridgehead atoms. The molecule has 0 unspecified atom stereocenters. The van der Waals surface area contributed by atoms with E-state index in [4.69, 9.17) is 15.9 Å². The lowest BCUT2D eigenvalue weighted by Gasteiger charge is -2.09. The Kier molecular flexibility index (Phi) is 4.24. The summed E-state index contributed by atoms with van der Waals surface area (Å²) in [6, 6.07) is -0.703. The Morgan fingerprint density at radius 2 is 2.08 bits per heavy atom. The van der Waals surface area contributed by atoms with Crippen LogP contribution in [0.1, 0.15) is 6.92 Å². The molecule has 0 heterocycles. The molecule has 0 saturated carbocycles. The number of carbonyl (C=O) groups excluding carboxylic acids is 1. The molecular formula is C6H12N2O4. The number of hydrogen-bond donors (Lipinski definition) is 4. The predicted octanol–water partition coefficient (Wildman–Crippen LogP) is -2.10. The van der Waals surface area contributed by atoms with E-state index < -0.39 is 24.0 Å². The molecule has 0 aliphatic heterocycles. The van der Waals surface area contributed by atoms with E-state index in [0.29, 0.717) is 0 Å². The third kappa shape index (κ3) is 3.89. The SMILES string of the molecule is C[C@@H](N)C(=O)NC[C@H](O)C(=O)O. The van der Waals surface area contributed by atoms with Crippen LogP contribution in [0.15, 0.2) is 0 Å². The quantitative estimate of drug-likeness (QED) is 0.392. The summed E-state index contributed by atoms with van der Waals surface area (Å²) in [5, 5.41) is 19.1. The van der Waals surface area contributed by atoms with Crippen LogP contribution in [0.5, 0.6) is 0 Å². The molecule has 0 aliphatic carbocycles. The number of aliphatic hydroxyl groups excluding tert-OH is 1. The number of carboxylic acid groups (broad SMARTS) is 1. The Hall–Kier alpha value is -1.14. The second-order valence-corrected chi connectivity index (χ2v) is 2.39. The molecule has 1 amide bonds. The molecule has 0 aliphatic rings. The average molecular weight is 176 g/mol. The van der Waals surface area contributed by atoms with Crippen molar-refractivity contribution in [3.8, 4) is 0 Å². The number of aliphatic hydroxyl groups is 1. The summed E-state index contributed by atoms with van der Waals surface area (Å²) in [5.41, 5.74) is 5.16. The number of nitrogens with one attached hydrogen (secondary N) is 1. The summed E-state index contributed by atoms with van der Waals surface area (Å²) < 4.78 is 0. The van der Waals surface area contributed by atoms with Gasteiger partial charge in [-0.25, -0.2) is 4.79 Å². The largest absolute Gasteiger partial charge is 0.479 e. The summed E-state index contributed by atoms with van der Waals surface area (Å²) in [7, 11) is 0. The molecule has 0 aromatic carbocycles. The molecule has 0 radical (unpaired) electrons. The number of aliphatic carboxylic acids is 1. The predicted molar refractivity (Wildman–Crippen MR) is 40.3 cm³/mol. The van der Waals surface area contributed by atoms with E-state index in [2.05, 4.69) is 5.32 Å². The highest BCUT2D eigenvalue weighted by Gasteiger charge is 2.15. The zero-order chi connectivity index (χ0) is 9.72. The van der Waals surface area contributed by atoms with E-state index in [-0.39, 0.29) is 6.54 Å². The van der Waals surface area contributed by atoms with Gasteiger partial charge in [-0.15, -0.1) is 0 Å². The summed E-state index contributed by atoms with van der Waals surface area (Å²) in [6.07, 6.45) is -1.58. The van der Waals surface area contributed by atoms with E-state index >= 15 is 0 Å². The highest BCUT2D eigenvalue weighted by molar-refractivity contribution is 5.82. The van der Waals surface area contributed by atoms with Crippen LogP contribution in [0.3, 0.4) is 0 Å². The second kappa shape index (κ2) is 4.68. The molecule has 5 N–H and O–H groups in total. The van der Waals surface area contributed by atoms with Crippen LogP contribution < -0.4 is 11.1 Å². The fourth-order valence-electron chi connectivity index (χ4n) is 0.446. The van der Waals surface area contributed by atoms with Gasteiger partial charge in [0, 0.05) is 0 Å². The summed E-state index contributed by atoms with van der Waals surface area (Å²) in [4.78, 5) is 20.8. The molecule has 70 valence electrons. The topological polar surface area (TPSA) is 113 Å². The maximum atomic E-state index is 10.7. The highest BCUT2D eigenvalue weighted by atomic mass is 16.4. The minimum Gasteiger partial charge on any atom is -0.479 e. The third-order valence-corrected chi connectivity index (χ3v) is 1.17. The Morgan fingerprint density at radius 3 is 2.42 bits per heavy atom. The minimum atomic E-state index is -1.58. The van der Waals surface area contributed by atoms with Crippen LogP contribution in [-0.4, -0.2) is 40.8 Å². The van der Waals surface area contributed by atoms with Crippen molar-refractivity contribution >= 4 is 11.9 Å². The lowest BCUT2D eigenvalue weighted by molar-refractivity contribution is -0.146. The summed E-state index contributed by atoms with van der Waals surface area (Å²) in [5.74, 6) is -1.87. The minimum absolute atomic E-state index is 0.324. The molecule has 6 nitrogen and oxygen atoms in total. The van der Waals surface area contributed by atoms with Crippen LogP contribution in [-0.2, 0) is 9.59 Å². The van der Waals surface area contributed by atoms with Crippen molar-refractivity contribution < 1.29 is 19.8 Å². The van der Waals surface area contributed by atoms with Gasteiger partial charge in [0.05, 0.1) is 12.6 Å². The maximum Gasteiger partial charge on any atom is 0.334 e. The van der Waals surface area contributed by atoms with Crippen molar-refractivity contribution in [1.82, 2.24) is 5.32 Å². The van der Waals surface area contributed by atoms with E-state index in [1.165, 1.54) is 6.92 Å². The van der Waals surface area contributed by atoms with Crippen LogP contribution in [0.4, 0.5) is 0 Å². The normalized spacial score (nSPS) is 14.9. The van der Waals surface area contributed by atoms with Crippen molar-refractivity contribution in [3.05, 3.63) is 0 Å². The van der Waals surface area contributed by atoms with Crippen LogP contribution in [0.2, 0.25) is 0 Å². The van der Waals surface area contributed by atoms with E-state index in [9.17, 15) is 9.59 Å². The van der Waals surface area contributed by atoms with Gasteiger partial charge in [0.25, 0.3) is 0 Å².